The molecular formula is C20H27NO13. The summed E-state index contributed by atoms with van der Waals surface area (Å²) in [7, 11) is 1.07. The van der Waals surface area contributed by atoms with E-state index in [1.54, 1.807) is 0 Å². The fourth-order valence-electron chi connectivity index (χ4n) is 3.69. The molecule has 0 aromatic rings. The van der Waals surface area contributed by atoms with Crippen molar-refractivity contribution >= 4 is 35.8 Å². The highest BCUT2D eigenvalue weighted by Crippen LogP contribution is 2.49. The number of carbonyl (C=O) groups excluding carboxylic acids is 6. The van der Waals surface area contributed by atoms with Crippen LogP contribution in [0, 0.1) is 0 Å². The van der Waals surface area contributed by atoms with E-state index in [1.165, 1.54) is 6.92 Å². The summed E-state index contributed by atoms with van der Waals surface area (Å²) < 4.78 is 36.8. The van der Waals surface area contributed by atoms with Crippen molar-refractivity contribution in [3.63, 3.8) is 0 Å². The number of carbonyl (C=O) groups is 6. The fraction of sp³-hybridized carbons (Fsp3) is 0.700. The van der Waals surface area contributed by atoms with Crippen molar-refractivity contribution in [2.24, 2.45) is 0 Å². The molecule has 0 radical (unpaired) electrons. The van der Waals surface area contributed by atoms with E-state index in [0.717, 1.165) is 34.8 Å². The summed E-state index contributed by atoms with van der Waals surface area (Å²) in [6.07, 6.45) is -6.92. The van der Waals surface area contributed by atoms with Crippen LogP contribution in [0.15, 0.2) is 0 Å². The normalized spacial score (nSPS) is 28.8. The van der Waals surface area contributed by atoms with Gasteiger partial charge in [-0.1, -0.05) is 0 Å². The molecule has 2 aliphatic heterocycles. The molecule has 0 aromatic heterocycles. The van der Waals surface area contributed by atoms with E-state index >= 15 is 0 Å². The molecule has 1 N–H and O–H groups in total. The predicted molar refractivity (Wildman–Crippen MR) is 105 cm³/mol. The second-order valence-electron chi connectivity index (χ2n) is 7.60. The van der Waals surface area contributed by atoms with Crippen molar-refractivity contribution in [2.75, 3.05) is 13.7 Å². The van der Waals surface area contributed by atoms with Gasteiger partial charge in [0.1, 0.15) is 12.7 Å². The molecule has 1 amide bonds. The lowest BCUT2D eigenvalue weighted by Crippen LogP contribution is -2.67. The third kappa shape index (κ3) is 6.20. The monoisotopic (exact) mass is 489 g/mol. The molecule has 2 heterocycles. The quantitative estimate of drug-likeness (QED) is 0.225. The average Bonchev–Trinajstić information content (AvgIpc) is 3.45. The summed E-state index contributed by atoms with van der Waals surface area (Å²) in [6, 6.07) is -1.24. The Morgan fingerprint density at radius 3 is 1.97 bits per heavy atom. The smallest absolute Gasteiger partial charge is 0.369 e. The van der Waals surface area contributed by atoms with Crippen molar-refractivity contribution in [1.29, 1.82) is 0 Å². The average molecular weight is 489 g/mol. The van der Waals surface area contributed by atoms with Crippen LogP contribution < -0.4 is 5.32 Å². The molecule has 2 saturated heterocycles. The molecule has 34 heavy (non-hydrogen) atoms. The van der Waals surface area contributed by atoms with Gasteiger partial charge in [0.15, 0.2) is 24.4 Å². The lowest BCUT2D eigenvalue weighted by molar-refractivity contribution is -0.223. The molecule has 2 rings (SSSR count). The number of methoxy groups -OCH3 is 1. The first-order valence-corrected chi connectivity index (χ1v) is 10.2. The topological polar surface area (TPSA) is 182 Å². The first-order valence-electron chi connectivity index (χ1n) is 10.2. The zero-order chi connectivity index (χ0) is 25.8. The van der Waals surface area contributed by atoms with Crippen molar-refractivity contribution < 1.29 is 61.9 Å². The molecule has 190 valence electrons. The third-order valence-electron chi connectivity index (χ3n) is 4.84. The van der Waals surface area contributed by atoms with Gasteiger partial charge in [-0.3, -0.25) is 24.0 Å². The Kier molecular flexibility index (Phi) is 8.56. The van der Waals surface area contributed by atoms with E-state index in [4.69, 9.17) is 33.2 Å². The van der Waals surface area contributed by atoms with Crippen LogP contribution in [-0.4, -0.2) is 91.8 Å². The zero-order valence-electron chi connectivity index (χ0n) is 19.5. The maximum atomic E-state index is 12.5. The highest BCUT2D eigenvalue weighted by molar-refractivity contribution is 5.82. The van der Waals surface area contributed by atoms with E-state index < -0.39 is 84.7 Å². The van der Waals surface area contributed by atoms with Gasteiger partial charge >= 0.3 is 35.6 Å². The molecule has 2 aliphatic rings. The van der Waals surface area contributed by atoms with E-state index in [1.807, 2.05) is 0 Å². The first-order chi connectivity index (χ1) is 15.8. The van der Waals surface area contributed by atoms with Crippen molar-refractivity contribution in [3.8, 4) is 0 Å². The number of amides is 1. The molecule has 0 spiro atoms. The largest absolute Gasteiger partial charge is 0.465 e. The molecule has 0 unspecified atom stereocenters. The Hall–Kier alpha value is -3.26. The minimum Gasteiger partial charge on any atom is -0.465 e. The van der Waals surface area contributed by atoms with Crippen molar-refractivity contribution in [1.82, 2.24) is 5.32 Å². The maximum Gasteiger partial charge on any atom is 0.369 e. The van der Waals surface area contributed by atoms with E-state index in [0.29, 0.717) is 0 Å². The molecule has 0 saturated carbocycles. The molecule has 2 fully saturated rings. The van der Waals surface area contributed by atoms with Gasteiger partial charge in [0.05, 0.1) is 13.2 Å². The summed E-state index contributed by atoms with van der Waals surface area (Å²) in [5.74, 6) is -6.79. The van der Waals surface area contributed by atoms with Gasteiger partial charge < -0.3 is 38.5 Å². The molecule has 14 heteroatoms. The number of nitrogens with one attached hydrogen (secondary N) is 1. The minimum atomic E-state index is -2.05. The van der Waals surface area contributed by atoms with Crippen LogP contribution in [0.25, 0.3) is 0 Å². The SMILES string of the molecule is COC(=O)[C@]12O[C@@H]([C@H](OC(C)=O)[C@@H](COC(C)=O)OC(C)=O)[C@H](NC(C)=O)[C@@H](OC(C)=O)[C@@H]1O2. The molecule has 14 nitrogen and oxygen atoms in total. The highest BCUT2D eigenvalue weighted by Gasteiger charge is 2.76. The van der Waals surface area contributed by atoms with Crippen molar-refractivity contribution in [3.05, 3.63) is 0 Å². The number of hydrogen-bond acceptors (Lipinski definition) is 13. The van der Waals surface area contributed by atoms with Crippen LogP contribution in [-0.2, 0) is 61.9 Å². The first kappa shape index (κ1) is 27.0. The van der Waals surface area contributed by atoms with Gasteiger partial charge in [-0.05, 0) is 0 Å². The van der Waals surface area contributed by atoms with Crippen LogP contribution in [0.5, 0.6) is 0 Å². The van der Waals surface area contributed by atoms with Gasteiger partial charge in [-0.2, -0.15) is 0 Å². The Labute approximate surface area is 194 Å². The number of esters is 5. The predicted octanol–water partition coefficient (Wildman–Crippen LogP) is -1.48. The lowest BCUT2D eigenvalue weighted by Gasteiger charge is -2.42. The third-order valence-corrected chi connectivity index (χ3v) is 4.84. The van der Waals surface area contributed by atoms with Gasteiger partial charge in [-0.15, -0.1) is 0 Å². The second kappa shape index (κ2) is 10.8. The lowest BCUT2D eigenvalue weighted by atomic mass is 9.89. The van der Waals surface area contributed by atoms with Gasteiger partial charge in [0, 0.05) is 34.6 Å². The number of hydrogen-bond donors (Lipinski definition) is 1. The maximum absolute atomic E-state index is 12.5. The number of epoxide rings is 1. The second-order valence-corrected chi connectivity index (χ2v) is 7.60. The van der Waals surface area contributed by atoms with Gasteiger partial charge in [-0.25, -0.2) is 4.79 Å². The van der Waals surface area contributed by atoms with Gasteiger partial charge in [0.25, 0.3) is 0 Å². The van der Waals surface area contributed by atoms with Gasteiger partial charge in [0.2, 0.25) is 5.91 Å². The Morgan fingerprint density at radius 1 is 0.882 bits per heavy atom. The Balaban J connectivity index is 2.58. The number of ether oxygens (including phenoxy) is 7. The Morgan fingerprint density at radius 2 is 1.50 bits per heavy atom. The zero-order valence-corrected chi connectivity index (χ0v) is 19.5. The van der Waals surface area contributed by atoms with Crippen molar-refractivity contribution in [2.45, 2.75) is 77.0 Å². The van der Waals surface area contributed by atoms with Crippen LogP contribution in [0.2, 0.25) is 0 Å². The van der Waals surface area contributed by atoms with Crippen LogP contribution in [0.1, 0.15) is 34.6 Å². The van der Waals surface area contributed by atoms with E-state index in [2.05, 4.69) is 5.32 Å². The summed E-state index contributed by atoms with van der Waals surface area (Å²) in [6.45, 7) is 4.93. The molecule has 0 bridgehead atoms. The van der Waals surface area contributed by atoms with E-state index in [9.17, 15) is 28.8 Å². The van der Waals surface area contributed by atoms with Crippen LogP contribution >= 0.6 is 0 Å². The summed E-state index contributed by atoms with van der Waals surface area (Å²) in [5, 5.41) is 2.53. The number of fused-ring (bicyclic) bond motifs is 1. The molecule has 0 aliphatic carbocycles. The number of rotatable bonds is 9. The Bertz CT molecular complexity index is 857. The molecule has 7 atom stereocenters. The van der Waals surface area contributed by atoms with E-state index in [-0.39, 0.29) is 0 Å². The summed E-state index contributed by atoms with van der Waals surface area (Å²) in [5.41, 5.74) is 0. The molecule has 0 aromatic carbocycles. The van der Waals surface area contributed by atoms with Crippen LogP contribution in [0.3, 0.4) is 0 Å². The molecular weight excluding hydrogens is 462 g/mol. The fourth-order valence-corrected chi connectivity index (χ4v) is 3.69. The standard InChI is InChI=1S/C20H27NO13/c1-8(22)21-14-16(15(31-11(4)25)13(30-10(3)24)7-29-9(2)23)33-20(19(27)28-6)18(34-20)17(14)32-12(5)26/h13-18H,7H2,1-6H3,(H,21,22)/t13-,14+,15-,16-,17-,18+,20+/m1/s1. The van der Waals surface area contributed by atoms with Crippen LogP contribution in [0.4, 0.5) is 0 Å². The highest BCUT2D eigenvalue weighted by atomic mass is 16.8. The minimum absolute atomic E-state index is 0.562. The summed E-state index contributed by atoms with van der Waals surface area (Å²) >= 11 is 0. The summed E-state index contributed by atoms with van der Waals surface area (Å²) in [4.78, 5) is 71.3.